The normalized spacial score (nSPS) is 15.0. The van der Waals surface area contributed by atoms with Crippen LogP contribution in [0.3, 0.4) is 0 Å². The van der Waals surface area contributed by atoms with E-state index in [-0.39, 0.29) is 24.0 Å². The Balaban J connectivity index is 0.00000225. The summed E-state index contributed by atoms with van der Waals surface area (Å²) in [5, 5.41) is 4.21. The van der Waals surface area contributed by atoms with Gasteiger partial charge in [-0.2, -0.15) is 0 Å². The van der Waals surface area contributed by atoms with Gasteiger partial charge in [0.2, 0.25) is 0 Å². The molecular weight excluding hydrogens is 451 g/mol. The lowest BCUT2D eigenvalue weighted by atomic mass is 10.2. The second-order valence-electron chi connectivity index (χ2n) is 5.73. The van der Waals surface area contributed by atoms with E-state index in [1.807, 2.05) is 37.8 Å². The lowest BCUT2D eigenvalue weighted by Gasteiger charge is -2.37. The Labute approximate surface area is 170 Å². The molecule has 0 aliphatic carbocycles. The molecule has 1 saturated heterocycles. The number of benzene rings is 1. The van der Waals surface area contributed by atoms with Gasteiger partial charge in [0, 0.05) is 69.4 Å². The molecule has 0 amide bonds. The van der Waals surface area contributed by atoms with Crippen molar-refractivity contribution < 1.29 is 0 Å². The van der Waals surface area contributed by atoms with Crippen LogP contribution in [0.15, 0.2) is 48.0 Å². The number of halogens is 2. The minimum Gasteiger partial charge on any atom is -0.368 e. The van der Waals surface area contributed by atoms with Crippen molar-refractivity contribution in [3.8, 4) is 0 Å². The van der Waals surface area contributed by atoms with E-state index in [0.717, 1.165) is 50.3 Å². The Morgan fingerprint density at radius 1 is 1.28 bits per heavy atom. The number of rotatable bonds is 4. The molecule has 1 fully saturated rings. The number of aliphatic imine (C=N–C) groups is 1. The fraction of sp³-hybridized carbons (Fsp3) is 0.412. The van der Waals surface area contributed by atoms with Gasteiger partial charge < -0.3 is 19.7 Å². The highest BCUT2D eigenvalue weighted by Gasteiger charge is 2.19. The molecule has 0 bridgehead atoms. The summed E-state index contributed by atoms with van der Waals surface area (Å²) in [5.74, 6) is 0.959. The predicted molar refractivity (Wildman–Crippen MR) is 114 cm³/mol. The van der Waals surface area contributed by atoms with E-state index in [2.05, 4.69) is 35.7 Å². The van der Waals surface area contributed by atoms with Gasteiger partial charge in [0.25, 0.3) is 0 Å². The van der Waals surface area contributed by atoms with Crippen molar-refractivity contribution in [2.45, 2.75) is 6.54 Å². The van der Waals surface area contributed by atoms with Gasteiger partial charge in [-0.1, -0.05) is 17.7 Å². The fourth-order valence-corrected chi connectivity index (χ4v) is 3.08. The van der Waals surface area contributed by atoms with E-state index in [4.69, 9.17) is 11.6 Å². The third-order valence-corrected chi connectivity index (χ3v) is 4.41. The molecule has 1 aliphatic rings. The van der Waals surface area contributed by atoms with E-state index >= 15 is 0 Å². The van der Waals surface area contributed by atoms with Gasteiger partial charge in [0.05, 0.1) is 6.33 Å². The molecule has 1 aliphatic heterocycles. The zero-order chi connectivity index (χ0) is 16.8. The highest BCUT2D eigenvalue weighted by Crippen LogP contribution is 2.20. The summed E-state index contributed by atoms with van der Waals surface area (Å²) in [7, 11) is 1.84. The molecule has 3 rings (SSSR count). The van der Waals surface area contributed by atoms with Gasteiger partial charge in [0.1, 0.15) is 0 Å². The summed E-state index contributed by atoms with van der Waals surface area (Å²) in [6, 6.07) is 8.04. The molecule has 25 heavy (non-hydrogen) atoms. The summed E-state index contributed by atoms with van der Waals surface area (Å²) >= 11 is 6.09. The first-order valence-corrected chi connectivity index (χ1v) is 8.56. The second kappa shape index (κ2) is 9.86. The molecule has 6 nitrogen and oxygen atoms in total. The largest absolute Gasteiger partial charge is 0.368 e. The first-order valence-electron chi connectivity index (χ1n) is 8.18. The number of imidazole rings is 1. The molecule has 0 atom stereocenters. The van der Waals surface area contributed by atoms with Crippen LogP contribution in [0.5, 0.6) is 0 Å². The second-order valence-corrected chi connectivity index (χ2v) is 6.16. The molecule has 2 heterocycles. The third kappa shape index (κ3) is 5.50. The van der Waals surface area contributed by atoms with Crippen LogP contribution >= 0.6 is 35.6 Å². The minimum absolute atomic E-state index is 0. The van der Waals surface area contributed by atoms with Crippen molar-refractivity contribution in [1.82, 2.24) is 19.8 Å². The van der Waals surface area contributed by atoms with E-state index in [1.165, 1.54) is 5.69 Å². The number of aromatic nitrogens is 2. The number of nitrogens with one attached hydrogen (secondary N) is 1. The molecule has 136 valence electrons. The van der Waals surface area contributed by atoms with Gasteiger partial charge >= 0.3 is 0 Å². The Morgan fingerprint density at radius 3 is 2.72 bits per heavy atom. The monoisotopic (exact) mass is 474 g/mol. The first-order chi connectivity index (χ1) is 11.8. The van der Waals surface area contributed by atoms with Crippen molar-refractivity contribution in [3.05, 3.63) is 48.0 Å². The van der Waals surface area contributed by atoms with E-state index in [1.54, 1.807) is 6.20 Å². The van der Waals surface area contributed by atoms with Gasteiger partial charge in [-0.25, -0.2) is 4.98 Å². The highest BCUT2D eigenvalue weighted by molar-refractivity contribution is 14.0. The number of hydrogen-bond donors (Lipinski definition) is 1. The van der Waals surface area contributed by atoms with Crippen LogP contribution in [-0.4, -0.2) is 60.2 Å². The van der Waals surface area contributed by atoms with Gasteiger partial charge in [-0.3, -0.25) is 4.99 Å². The lowest BCUT2D eigenvalue weighted by molar-refractivity contribution is 0.372. The zero-order valence-corrected chi connectivity index (χ0v) is 17.4. The van der Waals surface area contributed by atoms with Crippen LogP contribution in [0.25, 0.3) is 0 Å². The summed E-state index contributed by atoms with van der Waals surface area (Å²) in [4.78, 5) is 13.1. The molecule has 1 aromatic carbocycles. The van der Waals surface area contributed by atoms with Crippen LogP contribution in [0.1, 0.15) is 0 Å². The topological polar surface area (TPSA) is 48.7 Å². The smallest absolute Gasteiger partial charge is 0.193 e. The summed E-state index contributed by atoms with van der Waals surface area (Å²) in [6.07, 6.45) is 5.59. The van der Waals surface area contributed by atoms with E-state index < -0.39 is 0 Å². The standard InChI is InChI=1S/C17H23ClN6.HI/c1-19-17(21-6-8-22-7-5-20-14-22)24-11-9-23(10-12-24)16-4-2-3-15(18)13-16;/h2-5,7,13-14H,6,8-12H2,1H3,(H,19,21);1H. The Morgan fingerprint density at radius 2 is 2.08 bits per heavy atom. The average Bonchev–Trinajstić information content (AvgIpc) is 3.12. The van der Waals surface area contributed by atoms with Crippen LogP contribution in [0.2, 0.25) is 5.02 Å². The van der Waals surface area contributed by atoms with Crippen molar-refractivity contribution in [2.24, 2.45) is 4.99 Å². The predicted octanol–water partition coefficient (Wildman–Crippen LogP) is 2.55. The fourth-order valence-electron chi connectivity index (χ4n) is 2.90. The molecule has 1 aromatic heterocycles. The number of piperazine rings is 1. The van der Waals surface area contributed by atoms with Gasteiger partial charge in [-0.05, 0) is 18.2 Å². The van der Waals surface area contributed by atoms with Gasteiger partial charge in [0.15, 0.2) is 5.96 Å². The average molecular weight is 475 g/mol. The molecule has 0 radical (unpaired) electrons. The molecule has 0 unspecified atom stereocenters. The van der Waals surface area contributed by atoms with Crippen molar-refractivity contribution >= 4 is 47.2 Å². The third-order valence-electron chi connectivity index (χ3n) is 4.18. The van der Waals surface area contributed by atoms with E-state index in [9.17, 15) is 0 Å². The molecule has 2 aromatic rings. The minimum atomic E-state index is 0. The van der Waals surface area contributed by atoms with Crippen molar-refractivity contribution in [1.29, 1.82) is 0 Å². The van der Waals surface area contributed by atoms with Crippen molar-refractivity contribution in [3.63, 3.8) is 0 Å². The Kier molecular flexibility index (Phi) is 7.83. The number of anilines is 1. The molecule has 0 spiro atoms. The van der Waals surface area contributed by atoms with Crippen LogP contribution in [0, 0.1) is 0 Å². The molecule has 1 N–H and O–H groups in total. The van der Waals surface area contributed by atoms with Crippen LogP contribution in [-0.2, 0) is 6.54 Å². The maximum Gasteiger partial charge on any atom is 0.193 e. The van der Waals surface area contributed by atoms with Crippen LogP contribution < -0.4 is 10.2 Å². The lowest BCUT2D eigenvalue weighted by Crippen LogP contribution is -2.52. The maximum atomic E-state index is 6.09. The Hall–Kier alpha value is -1.48. The number of hydrogen-bond acceptors (Lipinski definition) is 3. The van der Waals surface area contributed by atoms with Gasteiger partial charge in [-0.15, -0.1) is 24.0 Å². The molecule has 0 saturated carbocycles. The first kappa shape index (κ1) is 19.8. The summed E-state index contributed by atoms with van der Waals surface area (Å²) < 4.78 is 2.05. The van der Waals surface area contributed by atoms with Crippen molar-refractivity contribution in [2.75, 3.05) is 44.7 Å². The van der Waals surface area contributed by atoms with Crippen LogP contribution in [0.4, 0.5) is 5.69 Å². The molecule has 8 heteroatoms. The highest BCUT2D eigenvalue weighted by atomic mass is 127. The quantitative estimate of drug-likeness (QED) is 0.420. The number of guanidine groups is 1. The maximum absolute atomic E-state index is 6.09. The zero-order valence-electron chi connectivity index (χ0n) is 14.3. The SMILES string of the molecule is CN=C(NCCn1ccnc1)N1CCN(c2cccc(Cl)c2)CC1.I. The summed E-state index contributed by atoms with van der Waals surface area (Å²) in [5.41, 5.74) is 1.19. The Bertz CT molecular complexity index is 668. The molecular formula is C17H24ClIN6. The summed E-state index contributed by atoms with van der Waals surface area (Å²) in [6.45, 7) is 5.51. The number of nitrogens with zero attached hydrogens (tertiary/aromatic N) is 5. The van der Waals surface area contributed by atoms with E-state index in [0.29, 0.717) is 0 Å².